The summed E-state index contributed by atoms with van der Waals surface area (Å²) in [7, 11) is 0. The van der Waals surface area contributed by atoms with Crippen molar-refractivity contribution in [2.75, 3.05) is 36.4 Å². The smallest absolute Gasteiger partial charge is 0.292 e. The molecule has 1 heterocycles. The van der Waals surface area contributed by atoms with Crippen molar-refractivity contribution in [2.24, 2.45) is 0 Å². The van der Waals surface area contributed by atoms with Gasteiger partial charge in [0.1, 0.15) is 5.69 Å². The van der Waals surface area contributed by atoms with Gasteiger partial charge in [0.2, 0.25) is 11.8 Å². The first-order valence-electron chi connectivity index (χ1n) is 10.1. The molecule has 1 aliphatic rings. The first-order chi connectivity index (χ1) is 14.4. The zero-order valence-corrected chi connectivity index (χ0v) is 17.0. The third-order valence-electron chi connectivity index (χ3n) is 5.14. The fourth-order valence-corrected chi connectivity index (χ4v) is 3.50. The lowest BCUT2D eigenvalue weighted by Crippen LogP contribution is -2.45. The summed E-state index contributed by atoms with van der Waals surface area (Å²) in [6.07, 6.45) is 3.12. The van der Waals surface area contributed by atoms with Crippen molar-refractivity contribution in [1.29, 1.82) is 0 Å². The van der Waals surface area contributed by atoms with E-state index in [-0.39, 0.29) is 30.4 Å². The summed E-state index contributed by atoms with van der Waals surface area (Å²) in [6.45, 7) is 3.43. The van der Waals surface area contributed by atoms with E-state index in [2.05, 4.69) is 5.32 Å². The van der Waals surface area contributed by atoms with Gasteiger partial charge in [-0.15, -0.1) is 0 Å². The van der Waals surface area contributed by atoms with Crippen molar-refractivity contribution in [1.82, 2.24) is 4.90 Å². The molecule has 30 heavy (non-hydrogen) atoms. The van der Waals surface area contributed by atoms with Crippen LogP contribution in [0.15, 0.2) is 48.5 Å². The molecule has 2 aromatic rings. The molecule has 0 aliphatic carbocycles. The summed E-state index contributed by atoms with van der Waals surface area (Å²) >= 11 is 0. The standard InChI is InChI=1S/C22H26N4O4/c1-17-9-11-18(12-10-17)25(16-22(28)24-13-5-2-6-14-24)15-21(27)23-19-7-3-4-8-20(19)26(29)30/h3-4,7-12H,2,5-6,13-16H2,1H3,(H,23,27). The van der Waals surface area contributed by atoms with Crippen LogP contribution in [-0.2, 0) is 9.59 Å². The molecule has 8 heteroatoms. The Morgan fingerprint density at radius 1 is 1.03 bits per heavy atom. The van der Waals surface area contributed by atoms with Crippen molar-refractivity contribution in [3.05, 3.63) is 64.2 Å². The zero-order chi connectivity index (χ0) is 21.5. The number of carbonyl (C=O) groups excluding carboxylic acids is 2. The predicted molar refractivity (Wildman–Crippen MR) is 116 cm³/mol. The predicted octanol–water partition coefficient (Wildman–Crippen LogP) is 3.36. The monoisotopic (exact) mass is 410 g/mol. The van der Waals surface area contributed by atoms with E-state index in [4.69, 9.17) is 0 Å². The van der Waals surface area contributed by atoms with Crippen LogP contribution in [0.25, 0.3) is 0 Å². The quantitative estimate of drug-likeness (QED) is 0.558. The molecule has 158 valence electrons. The van der Waals surface area contributed by atoms with E-state index in [1.165, 1.54) is 12.1 Å². The molecule has 1 saturated heterocycles. The van der Waals surface area contributed by atoms with E-state index in [0.29, 0.717) is 0 Å². The van der Waals surface area contributed by atoms with Crippen LogP contribution in [0, 0.1) is 17.0 Å². The molecule has 8 nitrogen and oxygen atoms in total. The Bertz CT molecular complexity index is 908. The van der Waals surface area contributed by atoms with Gasteiger partial charge in [0.05, 0.1) is 18.0 Å². The Labute approximate surface area is 175 Å². The number of likely N-dealkylation sites (tertiary alicyclic amines) is 1. The van der Waals surface area contributed by atoms with Crippen LogP contribution in [0.1, 0.15) is 24.8 Å². The van der Waals surface area contributed by atoms with Gasteiger partial charge in [-0.2, -0.15) is 0 Å². The second kappa shape index (κ2) is 9.87. The molecule has 3 rings (SSSR count). The summed E-state index contributed by atoms with van der Waals surface area (Å²) in [6, 6.07) is 13.6. The lowest BCUT2D eigenvalue weighted by molar-refractivity contribution is -0.383. The van der Waals surface area contributed by atoms with Crippen molar-refractivity contribution < 1.29 is 14.5 Å². The second-order valence-corrected chi connectivity index (χ2v) is 7.46. The number of piperidine rings is 1. The Hall–Kier alpha value is -3.42. The van der Waals surface area contributed by atoms with E-state index >= 15 is 0 Å². The Morgan fingerprint density at radius 2 is 1.70 bits per heavy atom. The highest BCUT2D eigenvalue weighted by Gasteiger charge is 2.22. The van der Waals surface area contributed by atoms with Gasteiger partial charge < -0.3 is 15.1 Å². The Morgan fingerprint density at radius 3 is 2.37 bits per heavy atom. The number of hydrogen-bond acceptors (Lipinski definition) is 5. The van der Waals surface area contributed by atoms with Gasteiger partial charge in [-0.25, -0.2) is 0 Å². The third kappa shape index (κ3) is 5.56. The molecule has 0 spiro atoms. The van der Waals surface area contributed by atoms with Gasteiger partial charge in [-0.1, -0.05) is 29.8 Å². The number of rotatable bonds is 7. The summed E-state index contributed by atoms with van der Waals surface area (Å²) in [5.41, 5.74) is 1.80. The maximum absolute atomic E-state index is 12.8. The molecule has 1 fully saturated rings. The number of nitrogens with zero attached hydrogens (tertiary/aromatic N) is 3. The highest BCUT2D eigenvalue weighted by Crippen LogP contribution is 2.23. The van der Waals surface area contributed by atoms with Gasteiger partial charge in [0.15, 0.2) is 0 Å². The van der Waals surface area contributed by atoms with Crippen LogP contribution < -0.4 is 10.2 Å². The van der Waals surface area contributed by atoms with Crippen LogP contribution in [0.3, 0.4) is 0 Å². The van der Waals surface area contributed by atoms with Crippen LogP contribution in [0.4, 0.5) is 17.1 Å². The molecule has 0 unspecified atom stereocenters. The molecule has 0 atom stereocenters. The lowest BCUT2D eigenvalue weighted by Gasteiger charge is -2.30. The maximum atomic E-state index is 12.8. The largest absolute Gasteiger partial charge is 0.353 e. The fourth-order valence-electron chi connectivity index (χ4n) is 3.50. The molecule has 2 aromatic carbocycles. The number of carbonyl (C=O) groups is 2. The topological polar surface area (TPSA) is 95.8 Å². The average molecular weight is 410 g/mol. The number of nitrogens with one attached hydrogen (secondary N) is 1. The average Bonchev–Trinajstić information content (AvgIpc) is 2.74. The molecule has 2 amide bonds. The van der Waals surface area contributed by atoms with E-state index in [9.17, 15) is 19.7 Å². The van der Waals surface area contributed by atoms with Gasteiger partial charge in [-0.3, -0.25) is 19.7 Å². The first kappa shape index (κ1) is 21.3. The minimum Gasteiger partial charge on any atom is -0.353 e. The second-order valence-electron chi connectivity index (χ2n) is 7.46. The van der Waals surface area contributed by atoms with Crippen LogP contribution >= 0.6 is 0 Å². The third-order valence-corrected chi connectivity index (χ3v) is 5.14. The van der Waals surface area contributed by atoms with Crippen LogP contribution in [0.2, 0.25) is 0 Å². The van der Waals surface area contributed by atoms with Crippen molar-refractivity contribution in [3.8, 4) is 0 Å². The number of nitro groups is 1. The SMILES string of the molecule is Cc1ccc(N(CC(=O)Nc2ccccc2[N+](=O)[O-])CC(=O)N2CCCCC2)cc1. The number of nitro benzene ring substituents is 1. The molecular weight excluding hydrogens is 384 g/mol. The van der Waals surface area contributed by atoms with E-state index in [0.717, 1.165) is 43.6 Å². The van der Waals surface area contributed by atoms with Crippen LogP contribution in [-0.4, -0.2) is 47.8 Å². The van der Waals surface area contributed by atoms with E-state index in [1.54, 1.807) is 17.0 Å². The molecule has 0 bridgehead atoms. The van der Waals surface area contributed by atoms with Crippen molar-refractivity contribution in [2.45, 2.75) is 26.2 Å². The number of aryl methyl sites for hydroxylation is 1. The lowest BCUT2D eigenvalue weighted by atomic mass is 10.1. The van der Waals surface area contributed by atoms with Gasteiger partial charge in [0, 0.05) is 24.8 Å². The molecule has 1 N–H and O–H groups in total. The van der Waals surface area contributed by atoms with Crippen LogP contribution in [0.5, 0.6) is 0 Å². The summed E-state index contributed by atoms with van der Waals surface area (Å²) < 4.78 is 0. The van der Waals surface area contributed by atoms with E-state index in [1.807, 2.05) is 36.1 Å². The van der Waals surface area contributed by atoms with Gasteiger partial charge >= 0.3 is 0 Å². The van der Waals surface area contributed by atoms with Gasteiger partial charge in [0.25, 0.3) is 5.69 Å². The van der Waals surface area contributed by atoms with Crippen molar-refractivity contribution in [3.63, 3.8) is 0 Å². The number of benzene rings is 2. The van der Waals surface area contributed by atoms with E-state index < -0.39 is 10.8 Å². The normalized spacial score (nSPS) is 13.6. The zero-order valence-electron chi connectivity index (χ0n) is 17.0. The highest BCUT2D eigenvalue weighted by molar-refractivity contribution is 5.97. The highest BCUT2D eigenvalue weighted by atomic mass is 16.6. The maximum Gasteiger partial charge on any atom is 0.292 e. The Kier molecular flexibility index (Phi) is 7.00. The summed E-state index contributed by atoms with van der Waals surface area (Å²) in [5.74, 6) is -0.440. The molecule has 0 aromatic heterocycles. The van der Waals surface area contributed by atoms with Gasteiger partial charge in [-0.05, 0) is 44.4 Å². The minimum atomic E-state index is -0.534. The molecular formula is C22H26N4O4. The minimum absolute atomic E-state index is 0.0197. The molecule has 0 radical (unpaired) electrons. The number of anilines is 2. The number of hydrogen-bond donors (Lipinski definition) is 1. The fraction of sp³-hybridized carbons (Fsp3) is 0.364. The number of para-hydroxylation sites is 2. The molecule has 1 aliphatic heterocycles. The summed E-state index contributed by atoms with van der Waals surface area (Å²) in [5, 5.41) is 13.8. The number of amides is 2. The summed E-state index contributed by atoms with van der Waals surface area (Å²) in [4.78, 5) is 39.7. The molecule has 0 saturated carbocycles. The first-order valence-corrected chi connectivity index (χ1v) is 10.1. The Balaban J connectivity index is 1.74. The van der Waals surface area contributed by atoms with Crippen molar-refractivity contribution >= 4 is 28.9 Å².